The highest BCUT2D eigenvalue weighted by molar-refractivity contribution is 7.12. The summed E-state index contributed by atoms with van der Waals surface area (Å²) in [4.78, 5) is 37.9. The summed E-state index contributed by atoms with van der Waals surface area (Å²) in [7, 11) is 0. The molecule has 3 rings (SSSR count). The third-order valence-corrected chi connectivity index (χ3v) is 5.29. The molecule has 6 nitrogen and oxygen atoms in total. The SMILES string of the molecule is O=C(CCCNC(=O)c1cccs1)NCc1ccc(N2CCCC2=O)cc1. The van der Waals surface area contributed by atoms with E-state index in [9.17, 15) is 14.4 Å². The quantitative estimate of drug-likeness (QED) is 0.686. The van der Waals surface area contributed by atoms with Crippen molar-refractivity contribution in [2.24, 2.45) is 0 Å². The molecule has 0 bridgehead atoms. The van der Waals surface area contributed by atoms with E-state index in [1.54, 1.807) is 11.0 Å². The zero-order valence-corrected chi connectivity index (χ0v) is 15.9. The van der Waals surface area contributed by atoms with E-state index in [0.29, 0.717) is 37.2 Å². The van der Waals surface area contributed by atoms with E-state index in [1.807, 2.05) is 35.7 Å². The molecule has 0 radical (unpaired) electrons. The largest absolute Gasteiger partial charge is 0.352 e. The van der Waals surface area contributed by atoms with Gasteiger partial charge in [-0.2, -0.15) is 0 Å². The fourth-order valence-corrected chi connectivity index (χ4v) is 3.59. The van der Waals surface area contributed by atoms with Crippen LogP contribution in [0.1, 0.15) is 40.9 Å². The van der Waals surface area contributed by atoms with Gasteiger partial charge in [0.2, 0.25) is 11.8 Å². The minimum atomic E-state index is -0.0954. The number of anilines is 1. The van der Waals surface area contributed by atoms with Gasteiger partial charge < -0.3 is 15.5 Å². The molecule has 27 heavy (non-hydrogen) atoms. The Hall–Kier alpha value is -2.67. The van der Waals surface area contributed by atoms with E-state index in [-0.39, 0.29) is 17.7 Å². The standard InChI is InChI=1S/C20H23N3O3S/c24-18(5-1-11-21-20(26)17-4-3-13-27-17)22-14-15-7-9-16(10-8-15)23-12-2-6-19(23)25/h3-4,7-10,13H,1-2,5-6,11-12,14H2,(H,21,26)(H,22,24). The number of nitrogens with one attached hydrogen (secondary N) is 2. The van der Waals surface area contributed by atoms with Gasteiger partial charge in [0.05, 0.1) is 4.88 Å². The van der Waals surface area contributed by atoms with Crippen LogP contribution in [-0.4, -0.2) is 30.8 Å². The minimum absolute atomic E-state index is 0.0424. The number of rotatable bonds is 8. The zero-order chi connectivity index (χ0) is 19.1. The lowest BCUT2D eigenvalue weighted by Gasteiger charge is -2.16. The summed E-state index contributed by atoms with van der Waals surface area (Å²) >= 11 is 1.40. The molecular formula is C20H23N3O3S. The van der Waals surface area contributed by atoms with E-state index in [4.69, 9.17) is 0 Å². The maximum Gasteiger partial charge on any atom is 0.261 e. The molecule has 7 heteroatoms. The van der Waals surface area contributed by atoms with Crippen molar-refractivity contribution in [2.45, 2.75) is 32.2 Å². The molecule has 142 valence electrons. The summed E-state index contributed by atoms with van der Waals surface area (Å²) in [6.45, 7) is 1.70. The van der Waals surface area contributed by atoms with Crippen LogP contribution in [0.25, 0.3) is 0 Å². The van der Waals surface area contributed by atoms with E-state index >= 15 is 0 Å². The smallest absolute Gasteiger partial charge is 0.261 e. The van der Waals surface area contributed by atoms with Gasteiger partial charge in [-0.3, -0.25) is 14.4 Å². The van der Waals surface area contributed by atoms with E-state index in [1.165, 1.54) is 11.3 Å². The Kier molecular flexibility index (Phi) is 6.59. The van der Waals surface area contributed by atoms with Crippen molar-refractivity contribution in [1.29, 1.82) is 0 Å². The topological polar surface area (TPSA) is 78.5 Å². The first-order valence-electron chi connectivity index (χ1n) is 9.11. The number of thiophene rings is 1. The van der Waals surface area contributed by atoms with Gasteiger partial charge in [-0.1, -0.05) is 18.2 Å². The molecule has 0 atom stereocenters. The molecule has 0 unspecified atom stereocenters. The van der Waals surface area contributed by atoms with Gasteiger partial charge in [-0.25, -0.2) is 0 Å². The van der Waals surface area contributed by atoms with Crippen LogP contribution in [-0.2, 0) is 16.1 Å². The first-order valence-corrected chi connectivity index (χ1v) is 9.99. The summed E-state index contributed by atoms with van der Waals surface area (Å²) < 4.78 is 0. The lowest BCUT2D eigenvalue weighted by Crippen LogP contribution is -2.27. The number of amides is 3. The van der Waals surface area contributed by atoms with Gasteiger partial charge in [0.15, 0.2) is 0 Å². The van der Waals surface area contributed by atoms with Gasteiger partial charge in [0, 0.05) is 38.2 Å². The van der Waals surface area contributed by atoms with Crippen LogP contribution in [0.5, 0.6) is 0 Å². The molecule has 2 heterocycles. The fourth-order valence-electron chi connectivity index (χ4n) is 2.95. The van der Waals surface area contributed by atoms with E-state index < -0.39 is 0 Å². The Morgan fingerprint density at radius 2 is 1.93 bits per heavy atom. The number of hydrogen-bond acceptors (Lipinski definition) is 4. The lowest BCUT2D eigenvalue weighted by molar-refractivity contribution is -0.121. The van der Waals surface area contributed by atoms with Gasteiger partial charge in [-0.05, 0) is 42.0 Å². The predicted octanol–water partition coefficient (Wildman–Crippen LogP) is 2.70. The van der Waals surface area contributed by atoms with Crippen molar-refractivity contribution in [2.75, 3.05) is 18.0 Å². The van der Waals surface area contributed by atoms with Crippen LogP contribution >= 0.6 is 11.3 Å². The van der Waals surface area contributed by atoms with Crippen LogP contribution in [0.2, 0.25) is 0 Å². The molecule has 1 saturated heterocycles. The molecule has 1 aliphatic rings. The average molecular weight is 385 g/mol. The highest BCUT2D eigenvalue weighted by Gasteiger charge is 2.21. The Labute approximate surface area is 162 Å². The fraction of sp³-hybridized carbons (Fsp3) is 0.350. The third-order valence-electron chi connectivity index (χ3n) is 4.42. The normalized spacial score (nSPS) is 13.6. The number of benzene rings is 1. The first kappa shape index (κ1) is 19.1. The van der Waals surface area contributed by atoms with Gasteiger partial charge in [-0.15, -0.1) is 11.3 Å². The highest BCUT2D eigenvalue weighted by atomic mass is 32.1. The lowest BCUT2D eigenvalue weighted by atomic mass is 10.2. The molecule has 2 N–H and O–H groups in total. The molecular weight excluding hydrogens is 362 g/mol. The van der Waals surface area contributed by atoms with Crippen molar-refractivity contribution in [3.05, 3.63) is 52.2 Å². The third kappa shape index (κ3) is 5.40. The molecule has 0 saturated carbocycles. The maximum absolute atomic E-state index is 11.9. The van der Waals surface area contributed by atoms with Crippen LogP contribution in [0.4, 0.5) is 5.69 Å². The molecule has 1 aromatic heterocycles. The number of carbonyl (C=O) groups is 3. The van der Waals surface area contributed by atoms with Gasteiger partial charge in [0.1, 0.15) is 0 Å². The minimum Gasteiger partial charge on any atom is -0.352 e. The number of hydrogen-bond donors (Lipinski definition) is 2. The van der Waals surface area contributed by atoms with E-state index in [0.717, 1.165) is 24.2 Å². The Bertz CT molecular complexity index is 787. The zero-order valence-electron chi connectivity index (χ0n) is 15.1. The second-order valence-electron chi connectivity index (χ2n) is 6.43. The van der Waals surface area contributed by atoms with Gasteiger partial charge >= 0.3 is 0 Å². The molecule has 2 aromatic rings. The van der Waals surface area contributed by atoms with Crippen LogP contribution < -0.4 is 15.5 Å². The summed E-state index contributed by atoms with van der Waals surface area (Å²) in [5.74, 6) is 0.0309. The van der Waals surface area contributed by atoms with Crippen molar-refractivity contribution >= 4 is 34.7 Å². The summed E-state index contributed by atoms with van der Waals surface area (Å²) in [5.41, 5.74) is 1.90. The maximum atomic E-state index is 11.9. The second-order valence-corrected chi connectivity index (χ2v) is 7.38. The Morgan fingerprint density at radius 1 is 1.11 bits per heavy atom. The average Bonchev–Trinajstić information content (AvgIpc) is 3.36. The van der Waals surface area contributed by atoms with Crippen molar-refractivity contribution in [3.63, 3.8) is 0 Å². The monoisotopic (exact) mass is 385 g/mol. The molecule has 0 spiro atoms. The van der Waals surface area contributed by atoms with Crippen molar-refractivity contribution in [1.82, 2.24) is 10.6 Å². The van der Waals surface area contributed by atoms with E-state index in [2.05, 4.69) is 10.6 Å². The Balaban J connectivity index is 1.34. The second kappa shape index (κ2) is 9.32. The van der Waals surface area contributed by atoms with Crippen molar-refractivity contribution < 1.29 is 14.4 Å². The Morgan fingerprint density at radius 3 is 2.59 bits per heavy atom. The summed E-state index contributed by atoms with van der Waals surface area (Å²) in [5, 5.41) is 7.55. The van der Waals surface area contributed by atoms with Crippen molar-refractivity contribution in [3.8, 4) is 0 Å². The van der Waals surface area contributed by atoms with Gasteiger partial charge in [0.25, 0.3) is 5.91 Å². The highest BCUT2D eigenvalue weighted by Crippen LogP contribution is 2.21. The summed E-state index contributed by atoms with van der Waals surface area (Å²) in [6, 6.07) is 11.3. The summed E-state index contributed by atoms with van der Waals surface area (Å²) in [6.07, 6.45) is 2.49. The molecule has 1 aromatic carbocycles. The molecule has 3 amide bonds. The number of carbonyl (C=O) groups excluding carboxylic acids is 3. The molecule has 0 aliphatic carbocycles. The number of nitrogens with zero attached hydrogens (tertiary/aromatic N) is 1. The predicted molar refractivity (Wildman–Crippen MR) is 106 cm³/mol. The molecule has 1 aliphatic heterocycles. The molecule has 1 fully saturated rings. The van der Waals surface area contributed by atoms with Crippen LogP contribution in [0, 0.1) is 0 Å². The van der Waals surface area contributed by atoms with Crippen LogP contribution in [0.15, 0.2) is 41.8 Å². The van der Waals surface area contributed by atoms with Crippen LogP contribution in [0.3, 0.4) is 0 Å². The first-order chi connectivity index (χ1) is 13.1.